The standard InChI is InChI=1S/C18H16FN3O2/c1-21-10-16-14(5-8-18(24)6-2-7-18)20-11-22(16)15-4-3-12(19)9-13(15)17(21)23/h3-4,9,11,24H,2,6-7,10H2,1H3. The number of benzene rings is 1. The lowest BCUT2D eigenvalue weighted by Gasteiger charge is -2.30. The molecule has 4 rings (SSSR count). The molecule has 0 spiro atoms. The van der Waals surface area contributed by atoms with Gasteiger partial charge < -0.3 is 10.0 Å². The Morgan fingerprint density at radius 2 is 2.17 bits per heavy atom. The van der Waals surface area contributed by atoms with Gasteiger partial charge in [-0.2, -0.15) is 0 Å². The van der Waals surface area contributed by atoms with E-state index in [1.807, 2.05) is 0 Å². The molecule has 24 heavy (non-hydrogen) atoms. The largest absolute Gasteiger partial charge is 0.378 e. The molecule has 1 fully saturated rings. The number of carbonyl (C=O) groups excluding carboxylic acids is 1. The van der Waals surface area contributed by atoms with Gasteiger partial charge in [0.1, 0.15) is 23.4 Å². The number of rotatable bonds is 0. The number of hydrogen-bond acceptors (Lipinski definition) is 3. The monoisotopic (exact) mass is 325 g/mol. The lowest BCUT2D eigenvalue weighted by Crippen LogP contribution is -2.34. The maximum Gasteiger partial charge on any atom is 0.256 e. The molecule has 1 N–H and O–H groups in total. The Kier molecular flexibility index (Phi) is 3.22. The van der Waals surface area contributed by atoms with E-state index in [1.165, 1.54) is 17.0 Å². The first-order chi connectivity index (χ1) is 11.5. The summed E-state index contributed by atoms with van der Waals surface area (Å²) >= 11 is 0. The normalized spacial score (nSPS) is 18.0. The number of aromatic nitrogens is 2. The summed E-state index contributed by atoms with van der Waals surface area (Å²) in [7, 11) is 1.66. The fourth-order valence-electron chi connectivity index (χ4n) is 3.04. The molecule has 0 saturated heterocycles. The highest BCUT2D eigenvalue weighted by Crippen LogP contribution is 2.31. The Morgan fingerprint density at radius 3 is 2.88 bits per heavy atom. The van der Waals surface area contributed by atoms with Crippen molar-refractivity contribution in [2.45, 2.75) is 31.4 Å². The van der Waals surface area contributed by atoms with E-state index in [4.69, 9.17) is 0 Å². The molecule has 0 unspecified atom stereocenters. The number of nitrogens with zero attached hydrogens (tertiary/aromatic N) is 3. The van der Waals surface area contributed by atoms with E-state index >= 15 is 0 Å². The van der Waals surface area contributed by atoms with Gasteiger partial charge in [-0.15, -0.1) is 0 Å². The maximum absolute atomic E-state index is 13.6. The van der Waals surface area contributed by atoms with E-state index in [0.717, 1.165) is 12.1 Å². The van der Waals surface area contributed by atoms with E-state index in [1.54, 1.807) is 24.0 Å². The van der Waals surface area contributed by atoms with Crippen LogP contribution in [-0.4, -0.2) is 38.1 Å². The zero-order valence-electron chi connectivity index (χ0n) is 13.2. The molecule has 1 aliphatic heterocycles. The lowest BCUT2D eigenvalue weighted by molar-refractivity contribution is 0.0239. The third-order valence-corrected chi connectivity index (χ3v) is 4.64. The Balaban J connectivity index is 1.83. The number of halogens is 1. The highest BCUT2D eigenvalue weighted by molar-refractivity contribution is 5.98. The Morgan fingerprint density at radius 1 is 1.38 bits per heavy atom. The second kappa shape index (κ2) is 5.18. The summed E-state index contributed by atoms with van der Waals surface area (Å²) < 4.78 is 15.3. The maximum atomic E-state index is 13.6. The topological polar surface area (TPSA) is 58.4 Å². The van der Waals surface area contributed by atoms with Gasteiger partial charge >= 0.3 is 0 Å². The van der Waals surface area contributed by atoms with Gasteiger partial charge in [-0.1, -0.05) is 5.92 Å². The van der Waals surface area contributed by atoms with Gasteiger partial charge in [0.15, 0.2) is 0 Å². The van der Waals surface area contributed by atoms with Gasteiger partial charge in [0.25, 0.3) is 5.91 Å². The molecule has 2 aromatic rings. The summed E-state index contributed by atoms with van der Waals surface area (Å²) in [5.41, 5.74) is 1.26. The van der Waals surface area contributed by atoms with E-state index in [2.05, 4.69) is 16.8 Å². The van der Waals surface area contributed by atoms with Crippen molar-refractivity contribution in [3.8, 4) is 17.5 Å². The number of aliphatic hydroxyl groups is 1. The molecule has 1 saturated carbocycles. The zero-order chi connectivity index (χ0) is 16.9. The summed E-state index contributed by atoms with van der Waals surface area (Å²) in [6, 6.07) is 4.14. The van der Waals surface area contributed by atoms with Crippen LogP contribution in [0.1, 0.15) is 41.0 Å². The molecule has 0 radical (unpaired) electrons. The second-order valence-corrected chi connectivity index (χ2v) is 6.37. The molecule has 2 aliphatic rings. The minimum absolute atomic E-state index is 0.246. The van der Waals surface area contributed by atoms with Crippen molar-refractivity contribution in [1.82, 2.24) is 14.5 Å². The molecular formula is C18H16FN3O2. The molecule has 122 valence electrons. The average Bonchev–Trinajstić information content (AvgIpc) is 2.88. The van der Waals surface area contributed by atoms with Crippen molar-refractivity contribution < 1.29 is 14.3 Å². The van der Waals surface area contributed by atoms with Gasteiger partial charge in [0.05, 0.1) is 23.5 Å². The quantitative estimate of drug-likeness (QED) is 0.752. The first-order valence-corrected chi connectivity index (χ1v) is 7.84. The van der Waals surface area contributed by atoms with Crippen molar-refractivity contribution in [3.63, 3.8) is 0 Å². The van der Waals surface area contributed by atoms with Crippen LogP contribution in [0.25, 0.3) is 5.69 Å². The molecule has 1 aromatic heterocycles. The molecule has 6 heteroatoms. The minimum atomic E-state index is -0.913. The van der Waals surface area contributed by atoms with Crippen molar-refractivity contribution in [2.24, 2.45) is 0 Å². The zero-order valence-corrected chi connectivity index (χ0v) is 13.2. The van der Waals surface area contributed by atoms with E-state index in [-0.39, 0.29) is 5.91 Å². The number of carbonyl (C=O) groups is 1. The third-order valence-electron chi connectivity index (χ3n) is 4.64. The summed E-state index contributed by atoms with van der Waals surface area (Å²) in [4.78, 5) is 18.3. The van der Waals surface area contributed by atoms with Crippen LogP contribution in [0.3, 0.4) is 0 Å². The van der Waals surface area contributed by atoms with E-state index < -0.39 is 11.4 Å². The molecule has 0 bridgehead atoms. The fourth-order valence-corrected chi connectivity index (χ4v) is 3.04. The minimum Gasteiger partial charge on any atom is -0.378 e. The first kappa shape index (κ1) is 14.9. The smallest absolute Gasteiger partial charge is 0.256 e. The van der Waals surface area contributed by atoms with Gasteiger partial charge in [0, 0.05) is 7.05 Å². The summed E-state index contributed by atoms with van der Waals surface area (Å²) in [6.07, 6.45) is 3.92. The number of fused-ring (bicyclic) bond motifs is 3. The van der Waals surface area contributed by atoms with E-state index in [9.17, 15) is 14.3 Å². The molecule has 1 aromatic carbocycles. The van der Waals surface area contributed by atoms with Crippen molar-refractivity contribution in [1.29, 1.82) is 0 Å². The van der Waals surface area contributed by atoms with Crippen LogP contribution < -0.4 is 0 Å². The third kappa shape index (κ3) is 2.29. The highest BCUT2D eigenvalue weighted by Gasteiger charge is 2.32. The first-order valence-electron chi connectivity index (χ1n) is 7.84. The predicted octanol–water partition coefficient (Wildman–Crippen LogP) is 1.86. The van der Waals surface area contributed by atoms with Gasteiger partial charge in [0.2, 0.25) is 0 Å². The van der Waals surface area contributed by atoms with Gasteiger partial charge in [-0.25, -0.2) is 9.37 Å². The Bertz CT molecular complexity index is 903. The van der Waals surface area contributed by atoms with Crippen LogP contribution in [0, 0.1) is 17.7 Å². The SMILES string of the molecule is CN1Cc2c(C#CC3(O)CCC3)ncn2-c2ccc(F)cc2C1=O. The number of amides is 1. The summed E-state index contributed by atoms with van der Waals surface area (Å²) in [6.45, 7) is 0.317. The van der Waals surface area contributed by atoms with Crippen LogP contribution in [0.15, 0.2) is 24.5 Å². The predicted molar refractivity (Wildman–Crippen MR) is 85.0 cm³/mol. The molecule has 2 heterocycles. The van der Waals surface area contributed by atoms with Crippen LogP contribution >= 0.6 is 0 Å². The van der Waals surface area contributed by atoms with Gasteiger partial charge in [-0.05, 0) is 43.4 Å². The van der Waals surface area contributed by atoms with Crippen LogP contribution in [0.5, 0.6) is 0 Å². The van der Waals surface area contributed by atoms with Crippen LogP contribution in [0.2, 0.25) is 0 Å². The fraction of sp³-hybridized carbons (Fsp3) is 0.333. The molecule has 0 atom stereocenters. The number of imidazole rings is 1. The van der Waals surface area contributed by atoms with Gasteiger partial charge in [-0.3, -0.25) is 9.36 Å². The van der Waals surface area contributed by atoms with Crippen molar-refractivity contribution in [2.75, 3.05) is 7.05 Å². The van der Waals surface area contributed by atoms with Crippen LogP contribution in [-0.2, 0) is 6.54 Å². The summed E-state index contributed by atoms with van der Waals surface area (Å²) in [5.74, 6) is 5.15. The van der Waals surface area contributed by atoms with Crippen LogP contribution in [0.4, 0.5) is 4.39 Å². The lowest BCUT2D eigenvalue weighted by atomic mass is 9.81. The Labute approximate surface area is 138 Å². The highest BCUT2D eigenvalue weighted by atomic mass is 19.1. The Hall–Kier alpha value is -2.65. The van der Waals surface area contributed by atoms with Crippen molar-refractivity contribution >= 4 is 5.91 Å². The van der Waals surface area contributed by atoms with Crippen molar-refractivity contribution in [3.05, 3.63) is 47.3 Å². The molecule has 1 amide bonds. The second-order valence-electron chi connectivity index (χ2n) is 6.37. The summed E-state index contributed by atoms with van der Waals surface area (Å²) in [5, 5.41) is 10.1. The molecular weight excluding hydrogens is 309 g/mol. The molecule has 5 nitrogen and oxygen atoms in total. The number of hydrogen-bond donors (Lipinski definition) is 1. The molecule has 1 aliphatic carbocycles. The average molecular weight is 325 g/mol. The van der Waals surface area contributed by atoms with E-state index in [0.29, 0.717) is 36.3 Å².